The van der Waals surface area contributed by atoms with E-state index in [0.717, 1.165) is 28.8 Å². The Kier molecular flexibility index (Phi) is 5.96. The van der Waals surface area contributed by atoms with Gasteiger partial charge in [0.1, 0.15) is 0 Å². The molecular weight excluding hydrogens is 522 g/mol. The Balaban J connectivity index is 1.53. The molecule has 9 heteroatoms. The van der Waals surface area contributed by atoms with E-state index in [1.807, 2.05) is 54.6 Å². The van der Waals surface area contributed by atoms with Gasteiger partial charge in [0.2, 0.25) is 0 Å². The summed E-state index contributed by atoms with van der Waals surface area (Å²) in [6, 6.07) is 22.2. The second-order valence-corrected chi connectivity index (χ2v) is 9.57. The molecule has 1 saturated heterocycles. The fraction of sp³-hybridized carbons (Fsp3) is 0.185. The van der Waals surface area contributed by atoms with Crippen LogP contribution >= 0.6 is 15.9 Å². The van der Waals surface area contributed by atoms with Crippen LogP contribution in [0.1, 0.15) is 5.56 Å². The predicted octanol–water partition coefficient (Wildman–Crippen LogP) is 3.71. The molecule has 0 aliphatic carbocycles. The second kappa shape index (κ2) is 9.42. The molecule has 1 amide bonds. The molecule has 2 aliphatic heterocycles. The molecule has 0 bridgehead atoms. The van der Waals surface area contributed by atoms with Crippen LogP contribution < -0.4 is 10.5 Å². The summed E-state index contributed by atoms with van der Waals surface area (Å²) < 4.78 is 7.54. The molecule has 180 valence electrons. The van der Waals surface area contributed by atoms with Gasteiger partial charge in [-0.25, -0.2) is 4.98 Å². The highest BCUT2D eigenvalue weighted by molar-refractivity contribution is 9.10. The minimum absolute atomic E-state index is 0.205. The number of para-hydroxylation sites is 1. The monoisotopic (exact) mass is 543 g/mol. The molecule has 1 aromatic heterocycles. The average Bonchev–Trinajstić information content (AvgIpc) is 3.16. The van der Waals surface area contributed by atoms with E-state index in [2.05, 4.69) is 20.8 Å². The SMILES string of the molecule is O=C1/C(=N/n2c(-c3ccccc3)nc3ccccc3c2=O)c2cc(Br)ccc2N1CN1CCOCC1. The number of aromatic nitrogens is 2. The third kappa shape index (κ3) is 4.05. The summed E-state index contributed by atoms with van der Waals surface area (Å²) in [5, 5.41) is 5.13. The molecule has 2 aliphatic rings. The van der Waals surface area contributed by atoms with Crippen LogP contribution in [-0.4, -0.2) is 59.2 Å². The van der Waals surface area contributed by atoms with E-state index in [1.54, 1.807) is 23.1 Å². The van der Waals surface area contributed by atoms with Crippen LogP contribution in [0.3, 0.4) is 0 Å². The first kappa shape index (κ1) is 22.8. The van der Waals surface area contributed by atoms with Gasteiger partial charge in [0.05, 0.1) is 36.5 Å². The average molecular weight is 544 g/mol. The van der Waals surface area contributed by atoms with Gasteiger partial charge in [-0.05, 0) is 30.3 Å². The Hall–Kier alpha value is -3.66. The van der Waals surface area contributed by atoms with Crippen molar-refractivity contribution in [3.05, 3.63) is 93.2 Å². The fourth-order valence-electron chi connectivity index (χ4n) is 4.56. The standard InChI is InChI=1S/C27H22BrN5O3/c28-19-10-11-23-21(16-19)24(27(35)32(23)17-31-12-14-36-15-13-31)30-33-25(18-6-2-1-3-7-18)29-22-9-5-4-8-20(22)26(33)34/h1-11,16H,12-15,17H2/b30-24+. The first-order valence-electron chi connectivity index (χ1n) is 11.7. The van der Waals surface area contributed by atoms with Crippen molar-refractivity contribution in [1.29, 1.82) is 0 Å². The van der Waals surface area contributed by atoms with Crippen molar-refractivity contribution in [2.24, 2.45) is 5.10 Å². The Bertz CT molecular complexity index is 1560. The third-order valence-corrected chi connectivity index (χ3v) is 6.88. The molecule has 0 saturated carbocycles. The number of nitrogens with zero attached hydrogens (tertiary/aromatic N) is 5. The molecule has 0 atom stereocenters. The van der Waals surface area contributed by atoms with Gasteiger partial charge in [-0.15, -0.1) is 0 Å². The summed E-state index contributed by atoms with van der Waals surface area (Å²) in [7, 11) is 0. The van der Waals surface area contributed by atoms with Crippen LogP contribution in [0.5, 0.6) is 0 Å². The Morgan fingerprint density at radius 2 is 1.69 bits per heavy atom. The molecule has 36 heavy (non-hydrogen) atoms. The van der Waals surface area contributed by atoms with Crippen molar-refractivity contribution in [1.82, 2.24) is 14.6 Å². The first-order valence-corrected chi connectivity index (χ1v) is 12.5. The van der Waals surface area contributed by atoms with Crippen LogP contribution in [0.4, 0.5) is 5.69 Å². The molecule has 0 unspecified atom stereocenters. The highest BCUT2D eigenvalue weighted by Gasteiger charge is 2.36. The van der Waals surface area contributed by atoms with Crippen LogP contribution in [-0.2, 0) is 9.53 Å². The van der Waals surface area contributed by atoms with Crippen molar-refractivity contribution in [3.63, 3.8) is 0 Å². The number of benzene rings is 3. The van der Waals surface area contributed by atoms with Gasteiger partial charge in [0, 0.05) is 28.7 Å². The predicted molar refractivity (Wildman–Crippen MR) is 142 cm³/mol. The molecule has 0 N–H and O–H groups in total. The maximum Gasteiger partial charge on any atom is 0.282 e. The Morgan fingerprint density at radius 1 is 0.944 bits per heavy atom. The number of hydrogen-bond acceptors (Lipinski definition) is 6. The molecule has 6 rings (SSSR count). The first-order chi connectivity index (χ1) is 17.6. The van der Waals surface area contributed by atoms with Gasteiger partial charge >= 0.3 is 0 Å². The zero-order chi connectivity index (χ0) is 24.6. The number of carbonyl (C=O) groups is 1. The fourth-order valence-corrected chi connectivity index (χ4v) is 4.92. The number of hydrogen-bond donors (Lipinski definition) is 0. The minimum Gasteiger partial charge on any atom is -0.379 e. The maximum absolute atomic E-state index is 13.8. The second-order valence-electron chi connectivity index (χ2n) is 8.65. The highest BCUT2D eigenvalue weighted by atomic mass is 79.9. The smallest absolute Gasteiger partial charge is 0.282 e. The summed E-state index contributed by atoms with van der Waals surface area (Å²) in [5.74, 6) is 0.122. The molecule has 3 heterocycles. The Labute approximate surface area is 215 Å². The van der Waals surface area contributed by atoms with E-state index in [1.165, 1.54) is 4.68 Å². The van der Waals surface area contributed by atoms with E-state index in [-0.39, 0.29) is 17.2 Å². The van der Waals surface area contributed by atoms with Crippen molar-refractivity contribution in [2.45, 2.75) is 0 Å². The lowest BCUT2D eigenvalue weighted by atomic mass is 10.1. The van der Waals surface area contributed by atoms with E-state index >= 15 is 0 Å². The number of rotatable bonds is 4. The van der Waals surface area contributed by atoms with Gasteiger partial charge in [-0.2, -0.15) is 9.78 Å². The van der Waals surface area contributed by atoms with Crippen molar-refractivity contribution in [3.8, 4) is 11.4 Å². The molecule has 0 spiro atoms. The minimum atomic E-state index is -0.331. The van der Waals surface area contributed by atoms with Gasteiger partial charge in [0.25, 0.3) is 11.5 Å². The normalized spacial score (nSPS) is 17.2. The van der Waals surface area contributed by atoms with Gasteiger partial charge in [-0.3, -0.25) is 19.4 Å². The number of ether oxygens (including phenoxy) is 1. The summed E-state index contributed by atoms with van der Waals surface area (Å²) in [5.41, 5.74) is 2.61. The lowest BCUT2D eigenvalue weighted by Crippen LogP contribution is -2.46. The quantitative estimate of drug-likeness (QED) is 0.392. The van der Waals surface area contributed by atoms with Crippen molar-refractivity contribution < 1.29 is 9.53 Å². The molecular formula is C27H22BrN5O3. The van der Waals surface area contributed by atoms with E-state index in [0.29, 0.717) is 42.2 Å². The maximum atomic E-state index is 13.8. The number of anilines is 1. The summed E-state index contributed by atoms with van der Waals surface area (Å²) in [6.45, 7) is 3.18. The number of morpholine rings is 1. The van der Waals surface area contributed by atoms with Crippen LogP contribution in [0.15, 0.2) is 87.2 Å². The van der Waals surface area contributed by atoms with Gasteiger partial charge in [0.15, 0.2) is 11.5 Å². The number of amides is 1. The van der Waals surface area contributed by atoms with E-state index in [9.17, 15) is 9.59 Å². The number of halogens is 1. The molecule has 4 aromatic rings. The Morgan fingerprint density at radius 3 is 2.50 bits per heavy atom. The van der Waals surface area contributed by atoms with Crippen LogP contribution in [0, 0.1) is 0 Å². The lowest BCUT2D eigenvalue weighted by molar-refractivity contribution is -0.112. The lowest BCUT2D eigenvalue weighted by Gasteiger charge is -2.30. The van der Waals surface area contributed by atoms with E-state index in [4.69, 9.17) is 14.8 Å². The third-order valence-electron chi connectivity index (χ3n) is 6.38. The molecule has 8 nitrogen and oxygen atoms in total. The largest absolute Gasteiger partial charge is 0.379 e. The molecule has 3 aromatic carbocycles. The number of carbonyl (C=O) groups excluding carboxylic acids is 1. The topological polar surface area (TPSA) is 80.0 Å². The van der Waals surface area contributed by atoms with E-state index < -0.39 is 0 Å². The summed E-state index contributed by atoms with van der Waals surface area (Å²) in [4.78, 5) is 36.1. The zero-order valence-corrected chi connectivity index (χ0v) is 20.9. The molecule has 1 fully saturated rings. The summed E-state index contributed by atoms with van der Waals surface area (Å²) in [6.07, 6.45) is 0. The van der Waals surface area contributed by atoms with Crippen molar-refractivity contribution in [2.75, 3.05) is 37.9 Å². The van der Waals surface area contributed by atoms with Crippen LogP contribution in [0.2, 0.25) is 0 Å². The van der Waals surface area contributed by atoms with Crippen LogP contribution in [0.25, 0.3) is 22.3 Å². The highest BCUT2D eigenvalue weighted by Crippen LogP contribution is 2.32. The zero-order valence-electron chi connectivity index (χ0n) is 19.3. The molecule has 0 radical (unpaired) electrons. The van der Waals surface area contributed by atoms with Gasteiger partial charge in [-0.1, -0.05) is 58.4 Å². The van der Waals surface area contributed by atoms with Crippen molar-refractivity contribution >= 4 is 44.1 Å². The number of fused-ring (bicyclic) bond motifs is 2. The van der Waals surface area contributed by atoms with Gasteiger partial charge < -0.3 is 4.74 Å². The summed E-state index contributed by atoms with van der Waals surface area (Å²) >= 11 is 3.52.